The molecule has 0 radical (unpaired) electrons. The summed E-state index contributed by atoms with van der Waals surface area (Å²) in [5.41, 5.74) is 4.18. The van der Waals surface area contributed by atoms with Crippen molar-refractivity contribution in [2.45, 2.75) is 46.8 Å². The molecule has 0 atom stereocenters. The van der Waals surface area contributed by atoms with E-state index in [1.54, 1.807) is 13.8 Å². The Labute approximate surface area is 149 Å². The van der Waals surface area contributed by atoms with Crippen LogP contribution in [0.2, 0.25) is 0 Å². The van der Waals surface area contributed by atoms with E-state index in [2.05, 4.69) is 22.1 Å². The number of carbonyl (C=O) groups excluding carboxylic acids is 1. The molecule has 0 saturated heterocycles. The van der Waals surface area contributed by atoms with E-state index in [1.807, 2.05) is 51.1 Å². The smallest absolute Gasteiger partial charge is 0.251 e. The molecule has 4 heteroatoms. The number of hydrogen-bond acceptors (Lipinski definition) is 3. The largest absolute Gasteiger partial charge is 0.378 e. The summed E-state index contributed by atoms with van der Waals surface area (Å²) in [5, 5.41) is 12.5. The average Bonchev–Trinajstić information content (AvgIpc) is 2.96. The molecule has 25 heavy (non-hydrogen) atoms. The summed E-state index contributed by atoms with van der Waals surface area (Å²) in [7, 11) is 0. The normalized spacial score (nSPS) is 12.3. The highest BCUT2D eigenvalue weighted by molar-refractivity contribution is 6.00. The van der Waals surface area contributed by atoms with E-state index in [-0.39, 0.29) is 5.91 Å². The highest BCUT2D eigenvalue weighted by Gasteiger charge is 2.22. The van der Waals surface area contributed by atoms with Crippen molar-refractivity contribution in [3.8, 4) is 23.0 Å². The second-order valence-electron chi connectivity index (χ2n) is 6.15. The van der Waals surface area contributed by atoms with Gasteiger partial charge in [-0.3, -0.25) is 4.79 Å². The maximum atomic E-state index is 11.8. The molecule has 0 spiro atoms. The zero-order valence-electron chi connectivity index (χ0n) is 15.4. The van der Waals surface area contributed by atoms with Gasteiger partial charge in [0.05, 0.1) is 0 Å². The van der Waals surface area contributed by atoms with Gasteiger partial charge in [-0.25, -0.2) is 4.98 Å². The highest BCUT2D eigenvalue weighted by Crippen LogP contribution is 2.30. The summed E-state index contributed by atoms with van der Waals surface area (Å²) >= 11 is 0. The number of amides is 1. The lowest BCUT2D eigenvalue weighted by Crippen LogP contribution is -2.14. The molecule has 2 N–H and O–H groups in total. The molecular formula is C21H24N2O2. The quantitative estimate of drug-likeness (QED) is 0.784. The van der Waals surface area contributed by atoms with E-state index in [4.69, 9.17) is 0 Å². The number of nitrogens with zero attached hydrogens (tertiary/aromatic N) is 1. The number of aryl methyl sites for hydroxylation is 1. The minimum absolute atomic E-state index is 0.0277. The summed E-state index contributed by atoms with van der Waals surface area (Å²) in [4.78, 5) is 16.3. The molecule has 4 nitrogen and oxygen atoms in total. The molecule has 1 aliphatic heterocycles. The molecular weight excluding hydrogens is 312 g/mol. The Balaban J connectivity index is 0.00000109. The summed E-state index contributed by atoms with van der Waals surface area (Å²) in [6, 6.07) is 9.54. The number of benzene rings is 1. The first-order valence-electron chi connectivity index (χ1n) is 8.49. The minimum Gasteiger partial charge on any atom is -0.378 e. The van der Waals surface area contributed by atoms with Crippen LogP contribution in [0.5, 0.6) is 0 Å². The fourth-order valence-corrected chi connectivity index (χ4v) is 2.64. The number of hydrogen-bond donors (Lipinski definition) is 2. The van der Waals surface area contributed by atoms with Gasteiger partial charge in [0.1, 0.15) is 11.3 Å². The third kappa shape index (κ3) is 4.26. The predicted molar refractivity (Wildman–Crippen MR) is 100 cm³/mol. The maximum absolute atomic E-state index is 11.8. The summed E-state index contributed by atoms with van der Waals surface area (Å²) in [6.45, 7) is 9.75. The number of rotatable bonds is 1. The molecule has 2 heterocycles. The molecule has 130 valence electrons. The van der Waals surface area contributed by atoms with Crippen LogP contribution in [0.1, 0.15) is 55.0 Å². The lowest BCUT2D eigenvalue weighted by Gasteiger charge is -2.10. The Bertz CT molecular complexity index is 852. The van der Waals surface area contributed by atoms with Crippen molar-refractivity contribution in [2.24, 2.45) is 0 Å². The van der Waals surface area contributed by atoms with Gasteiger partial charge in [0.15, 0.2) is 0 Å². The van der Waals surface area contributed by atoms with Gasteiger partial charge in [0, 0.05) is 23.4 Å². The van der Waals surface area contributed by atoms with Crippen LogP contribution >= 0.6 is 0 Å². The Hall–Kier alpha value is -2.64. The van der Waals surface area contributed by atoms with E-state index < -0.39 is 5.60 Å². The van der Waals surface area contributed by atoms with Crippen LogP contribution in [0.4, 0.5) is 0 Å². The predicted octanol–water partition coefficient (Wildman–Crippen LogP) is 3.45. The Morgan fingerprint density at radius 3 is 2.44 bits per heavy atom. The van der Waals surface area contributed by atoms with E-state index in [9.17, 15) is 9.90 Å². The van der Waals surface area contributed by atoms with E-state index >= 15 is 0 Å². The number of aromatic nitrogens is 1. The van der Waals surface area contributed by atoms with Crippen molar-refractivity contribution in [3.05, 3.63) is 52.8 Å². The number of carbonyl (C=O) groups is 1. The van der Waals surface area contributed by atoms with Crippen LogP contribution in [0.15, 0.2) is 30.3 Å². The number of pyridine rings is 1. The first-order chi connectivity index (χ1) is 11.8. The van der Waals surface area contributed by atoms with Crippen LogP contribution in [0, 0.1) is 18.8 Å². The van der Waals surface area contributed by atoms with Gasteiger partial charge in [-0.15, -0.1) is 0 Å². The first-order valence-corrected chi connectivity index (χ1v) is 8.49. The molecule has 0 unspecified atom stereocenters. The number of nitrogens with one attached hydrogen (secondary N) is 1. The minimum atomic E-state index is -1.04. The summed E-state index contributed by atoms with van der Waals surface area (Å²) < 4.78 is 0. The van der Waals surface area contributed by atoms with Gasteiger partial charge < -0.3 is 10.4 Å². The lowest BCUT2D eigenvalue weighted by molar-refractivity contribution is 0.0965. The number of aliphatic hydroxyl groups is 1. The molecule has 2 aromatic rings. The van der Waals surface area contributed by atoms with Gasteiger partial charge in [-0.2, -0.15) is 0 Å². The van der Waals surface area contributed by atoms with Crippen molar-refractivity contribution >= 4 is 5.91 Å². The molecule has 0 bridgehead atoms. The molecule has 1 aliphatic rings. The molecule has 0 fully saturated rings. The summed E-state index contributed by atoms with van der Waals surface area (Å²) in [6.07, 6.45) is 0. The zero-order chi connectivity index (χ0) is 18.6. The third-order valence-corrected chi connectivity index (χ3v) is 3.72. The molecule has 0 aliphatic carbocycles. The second kappa shape index (κ2) is 7.50. The van der Waals surface area contributed by atoms with Gasteiger partial charge in [0.2, 0.25) is 0 Å². The first kappa shape index (κ1) is 18.7. The third-order valence-electron chi connectivity index (χ3n) is 3.72. The van der Waals surface area contributed by atoms with E-state index in [0.29, 0.717) is 12.2 Å². The Morgan fingerprint density at radius 1 is 1.12 bits per heavy atom. The second-order valence-corrected chi connectivity index (χ2v) is 6.15. The van der Waals surface area contributed by atoms with Crippen LogP contribution < -0.4 is 5.32 Å². The topological polar surface area (TPSA) is 62.2 Å². The molecule has 1 aromatic carbocycles. The van der Waals surface area contributed by atoms with Crippen LogP contribution in [0.3, 0.4) is 0 Å². The molecule has 1 amide bonds. The van der Waals surface area contributed by atoms with Gasteiger partial charge >= 0.3 is 0 Å². The average molecular weight is 336 g/mol. The Kier molecular flexibility index (Phi) is 5.61. The standard InChI is InChI=1S/C19H18N2O2.C2H6/c1-12-14(8-7-13(21-12)9-10-19(2,3)23)15-5-4-6-16-17(15)11-20-18(16)22;1-2/h4-8,23H,11H2,1-3H3,(H,20,22);1-2H3. The fraction of sp³-hybridized carbons (Fsp3) is 0.333. The molecule has 3 rings (SSSR count). The van der Waals surface area contributed by atoms with Crippen LogP contribution in [-0.4, -0.2) is 21.6 Å². The maximum Gasteiger partial charge on any atom is 0.251 e. The fourth-order valence-electron chi connectivity index (χ4n) is 2.64. The van der Waals surface area contributed by atoms with E-state index in [0.717, 1.165) is 27.9 Å². The molecule has 1 aromatic heterocycles. The van der Waals surface area contributed by atoms with Crippen molar-refractivity contribution < 1.29 is 9.90 Å². The zero-order valence-corrected chi connectivity index (χ0v) is 15.4. The van der Waals surface area contributed by atoms with E-state index in [1.165, 1.54) is 0 Å². The van der Waals surface area contributed by atoms with Crippen molar-refractivity contribution in [1.29, 1.82) is 0 Å². The van der Waals surface area contributed by atoms with Gasteiger partial charge in [-0.05, 0) is 56.0 Å². The monoisotopic (exact) mass is 336 g/mol. The lowest BCUT2D eigenvalue weighted by atomic mass is 9.96. The van der Waals surface area contributed by atoms with Crippen molar-refractivity contribution in [1.82, 2.24) is 10.3 Å². The van der Waals surface area contributed by atoms with Gasteiger partial charge in [0.25, 0.3) is 5.91 Å². The SMILES string of the molecule is CC.Cc1nc(C#CC(C)(C)O)ccc1-c1cccc2c1CNC2=O. The summed E-state index contributed by atoms with van der Waals surface area (Å²) in [5.74, 6) is 5.62. The van der Waals surface area contributed by atoms with Crippen molar-refractivity contribution in [3.63, 3.8) is 0 Å². The Morgan fingerprint density at radius 2 is 1.80 bits per heavy atom. The molecule has 0 saturated carbocycles. The van der Waals surface area contributed by atoms with Gasteiger partial charge in [-0.1, -0.05) is 31.9 Å². The number of fused-ring (bicyclic) bond motifs is 1. The van der Waals surface area contributed by atoms with Crippen LogP contribution in [0.25, 0.3) is 11.1 Å². The highest BCUT2D eigenvalue weighted by atomic mass is 16.3. The van der Waals surface area contributed by atoms with Crippen molar-refractivity contribution in [2.75, 3.05) is 0 Å². The van der Waals surface area contributed by atoms with Crippen LogP contribution in [-0.2, 0) is 6.54 Å².